The number of phenols is 1. The molecule has 2 N–H and O–H groups in total. The highest BCUT2D eigenvalue weighted by Gasteiger charge is 2.34. The zero-order chi connectivity index (χ0) is 21.3. The van der Waals surface area contributed by atoms with Gasteiger partial charge in [0.1, 0.15) is 17.5 Å². The van der Waals surface area contributed by atoms with Crippen molar-refractivity contribution in [3.8, 4) is 17.2 Å². The van der Waals surface area contributed by atoms with E-state index in [1.165, 1.54) is 4.90 Å². The molecule has 0 bridgehead atoms. The molecule has 0 unspecified atom stereocenters. The van der Waals surface area contributed by atoms with Gasteiger partial charge in [-0.1, -0.05) is 13.8 Å². The number of benzene rings is 2. The van der Waals surface area contributed by atoms with Crippen LogP contribution in [0.2, 0.25) is 0 Å². The molecule has 1 atom stereocenters. The van der Waals surface area contributed by atoms with Crippen LogP contribution in [-0.2, 0) is 4.79 Å². The van der Waals surface area contributed by atoms with Gasteiger partial charge in [-0.15, -0.1) is 0 Å². The van der Waals surface area contributed by atoms with E-state index in [4.69, 9.17) is 4.74 Å². The van der Waals surface area contributed by atoms with Crippen LogP contribution in [0.25, 0.3) is 0 Å². The van der Waals surface area contributed by atoms with Crippen molar-refractivity contribution >= 4 is 43.7 Å². The molecule has 1 fully saturated rings. The van der Waals surface area contributed by atoms with Gasteiger partial charge < -0.3 is 19.8 Å². The van der Waals surface area contributed by atoms with Crippen molar-refractivity contribution in [1.82, 2.24) is 4.90 Å². The van der Waals surface area contributed by atoms with Crippen LogP contribution in [0.4, 0.5) is 0 Å². The number of amides is 1. The Kier molecular flexibility index (Phi) is 6.53. The van der Waals surface area contributed by atoms with E-state index in [1.54, 1.807) is 30.3 Å². The molecule has 3 rings (SSSR count). The van der Waals surface area contributed by atoms with Crippen LogP contribution in [0.5, 0.6) is 17.2 Å². The first kappa shape index (κ1) is 21.6. The maximum absolute atomic E-state index is 12.8. The molecule has 1 aliphatic rings. The maximum Gasteiger partial charge on any atom is 0.326 e. The fourth-order valence-electron chi connectivity index (χ4n) is 3.39. The smallest absolute Gasteiger partial charge is 0.326 e. The third-order valence-corrected chi connectivity index (χ3v) is 6.06. The Hall–Kier alpha value is -2.06. The first-order valence-corrected chi connectivity index (χ1v) is 10.8. The van der Waals surface area contributed by atoms with Gasteiger partial charge in [-0.3, -0.25) is 4.79 Å². The van der Waals surface area contributed by atoms with Crippen LogP contribution >= 0.6 is 31.9 Å². The summed E-state index contributed by atoms with van der Waals surface area (Å²) in [6.45, 7) is 4.39. The van der Waals surface area contributed by atoms with Gasteiger partial charge in [-0.2, -0.15) is 0 Å². The van der Waals surface area contributed by atoms with Gasteiger partial charge in [0.15, 0.2) is 5.75 Å². The number of likely N-dealkylation sites (tertiary alicyclic amines) is 1. The Morgan fingerprint density at radius 1 is 1.17 bits per heavy atom. The zero-order valence-electron chi connectivity index (χ0n) is 16.0. The van der Waals surface area contributed by atoms with Gasteiger partial charge in [0.25, 0.3) is 5.91 Å². The van der Waals surface area contributed by atoms with Crippen molar-refractivity contribution in [2.75, 3.05) is 6.54 Å². The first-order valence-electron chi connectivity index (χ1n) is 9.22. The summed E-state index contributed by atoms with van der Waals surface area (Å²) in [4.78, 5) is 25.6. The number of phenolic OH excluding ortho intramolecular Hbond substituents is 1. The second kappa shape index (κ2) is 8.75. The fourth-order valence-corrected chi connectivity index (χ4v) is 4.74. The van der Waals surface area contributed by atoms with Gasteiger partial charge in [0.2, 0.25) is 0 Å². The monoisotopic (exact) mass is 525 g/mol. The average Bonchev–Trinajstić information content (AvgIpc) is 3.15. The lowest BCUT2D eigenvalue weighted by Crippen LogP contribution is -2.40. The van der Waals surface area contributed by atoms with Crippen LogP contribution < -0.4 is 4.74 Å². The minimum atomic E-state index is -0.984. The molecular weight excluding hydrogens is 506 g/mol. The predicted octanol–water partition coefficient (Wildman–Crippen LogP) is 5.52. The summed E-state index contributed by atoms with van der Waals surface area (Å²) in [5.74, 6) is 0.0745. The zero-order valence-corrected chi connectivity index (χ0v) is 19.2. The van der Waals surface area contributed by atoms with Gasteiger partial charge in [-0.05, 0) is 81.0 Å². The molecule has 1 heterocycles. The van der Waals surface area contributed by atoms with Gasteiger partial charge in [0, 0.05) is 17.7 Å². The fraction of sp³-hybridized carbons (Fsp3) is 0.333. The first-order chi connectivity index (χ1) is 13.7. The largest absolute Gasteiger partial charge is 0.508 e. The maximum atomic E-state index is 12.8. The third kappa shape index (κ3) is 4.59. The number of rotatable bonds is 5. The van der Waals surface area contributed by atoms with Crippen LogP contribution in [0.1, 0.15) is 48.5 Å². The van der Waals surface area contributed by atoms with Gasteiger partial charge in [0.05, 0.1) is 8.95 Å². The molecule has 29 heavy (non-hydrogen) atoms. The molecule has 154 valence electrons. The Balaban J connectivity index is 1.88. The number of hydrogen-bond acceptors (Lipinski definition) is 4. The van der Waals surface area contributed by atoms with Crippen LogP contribution in [0.3, 0.4) is 0 Å². The minimum absolute atomic E-state index is 0.132. The van der Waals surface area contributed by atoms with Crippen molar-refractivity contribution in [3.63, 3.8) is 0 Å². The summed E-state index contributed by atoms with van der Waals surface area (Å²) in [5, 5.41) is 19.3. The molecule has 6 nitrogen and oxygen atoms in total. The second-order valence-corrected chi connectivity index (χ2v) is 8.95. The third-order valence-electron chi connectivity index (χ3n) is 4.88. The summed E-state index contributed by atoms with van der Waals surface area (Å²) in [6, 6.07) is 7.50. The lowest BCUT2D eigenvalue weighted by Gasteiger charge is -2.22. The van der Waals surface area contributed by atoms with Crippen LogP contribution in [-0.4, -0.2) is 39.6 Å². The number of aromatic hydroxyl groups is 1. The highest BCUT2D eigenvalue weighted by Crippen LogP contribution is 2.40. The lowest BCUT2D eigenvalue weighted by molar-refractivity contribution is -0.141. The van der Waals surface area contributed by atoms with Crippen molar-refractivity contribution in [1.29, 1.82) is 0 Å². The summed E-state index contributed by atoms with van der Waals surface area (Å²) >= 11 is 6.89. The highest BCUT2D eigenvalue weighted by molar-refractivity contribution is 9.11. The SMILES string of the molecule is CC(C)c1cc(Oc2c(Br)cc(C(=O)N3CCC[C@H]3C(=O)O)cc2Br)ccc1O. The van der Waals surface area contributed by atoms with E-state index in [0.717, 1.165) is 5.56 Å². The predicted molar refractivity (Wildman–Crippen MR) is 116 cm³/mol. The van der Waals surface area contributed by atoms with Crippen LogP contribution in [0, 0.1) is 0 Å². The number of halogens is 2. The molecule has 0 aromatic heterocycles. The lowest BCUT2D eigenvalue weighted by atomic mass is 10.0. The molecule has 0 aliphatic carbocycles. The van der Waals surface area contributed by atoms with Crippen molar-refractivity contribution in [2.45, 2.75) is 38.6 Å². The number of nitrogens with zero attached hydrogens (tertiary/aromatic N) is 1. The van der Waals surface area contributed by atoms with Crippen LogP contribution in [0.15, 0.2) is 39.3 Å². The van der Waals surface area contributed by atoms with E-state index in [0.29, 0.717) is 45.4 Å². The Morgan fingerprint density at radius 2 is 1.83 bits per heavy atom. The molecule has 1 amide bonds. The Morgan fingerprint density at radius 3 is 2.41 bits per heavy atom. The van der Waals surface area contributed by atoms with Gasteiger partial charge >= 0.3 is 5.97 Å². The van der Waals surface area contributed by atoms with E-state index in [1.807, 2.05) is 13.8 Å². The molecule has 1 aliphatic heterocycles. The summed E-state index contributed by atoms with van der Waals surface area (Å²) in [6.07, 6.45) is 1.13. The molecule has 2 aromatic rings. The molecule has 8 heteroatoms. The number of hydrogen-bond donors (Lipinski definition) is 2. The van der Waals surface area contributed by atoms with E-state index >= 15 is 0 Å². The Bertz CT molecular complexity index is 937. The standard InChI is InChI=1S/C21H21Br2NO5/c1-11(2)14-10-13(5-6-18(14)25)29-19-15(22)8-12(9-16(19)23)20(26)24-7-3-4-17(24)21(27)28/h5-6,8-11,17,25H,3-4,7H2,1-2H3,(H,27,28)/t17-/m0/s1. The number of aliphatic carboxylic acids is 1. The average molecular weight is 527 g/mol. The number of carbonyl (C=O) groups is 2. The Labute approximate surface area is 185 Å². The number of carboxylic acid groups (broad SMARTS) is 1. The van der Waals surface area contributed by atoms with Crippen molar-refractivity contribution in [2.24, 2.45) is 0 Å². The quantitative estimate of drug-likeness (QED) is 0.535. The van der Waals surface area contributed by atoms with E-state index in [9.17, 15) is 19.8 Å². The van der Waals surface area contributed by atoms with E-state index in [-0.39, 0.29) is 17.6 Å². The summed E-state index contributed by atoms with van der Waals surface area (Å²) in [7, 11) is 0. The second-order valence-electron chi connectivity index (χ2n) is 7.24. The van der Waals surface area contributed by atoms with E-state index in [2.05, 4.69) is 31.9 Å². The molecular formula is C21H21Br2NO5. The molecule has 0 spiro atoms. The molecule has 0 radical (unpaired) electrons. The van der Waals surface area contributed by atoms with Crippen molar-refractivity contribution < 1.29 is 24.5 Å². The highest BCUT2D eigenvalue weighted by atomic mass is 79.9. The topological polar surface area (TPSA) is 87.1 Å². The van der Waals surface area contributed by atoms with Crippen molar-refractivity contribution in [3.05, 3.63) is 50.4 Å². The summed E-state index contributed by atoms with van der Waals surface area (Å²) in [5.41, 5.74) is 1.15. The molecule has 1 saturated heterocycles. The minimum Gasteiger partial charge on any atom is -0.508 e. The normalized spacial score (nSPS) is 16.3. The molecule has 2 aromatic carbocycles. The summed E-state index contributed by atoms with van der Waals surface area (Å²) < 4.78 is 7.09. The number of carboxylic acids is 1. The van der Waals surface area contributed by atoms with Gasteiger partial charge in [-0.25, -0.2) is 4.79 Å². The number of ether oxygens (including phenoxy) is 1. The molecule has 0 saturated carbocycles. The van der Waals surface area contributed by atoms with E-state index < -0.39 is 12.0 Å². The number of carbonyl (C=O) groups excluding carboxylic acids is 1.